The van der Waals surface area contributed by atoms with Gasteiger partial charge in [-0.25, -0.2) is 9.67 Å². The van der Waals surface area contributed by atoms with Gasteiger partial charge in [-0.05, 0) is 35.4 Å². The van der Waals surface area contributed by atoms with E-state index in [2.05, 4.69) is 20.5 Å². The summed E-state index contributed by atoms with van der Waals surface area (Å²) in [6.45, 7) is 0. The summed E-state index contributed by atoms with van der Waals surface area (Å²) in [5, 5.41) is 14.4. The molecule has 3 aromatic rings. The first kappa shape index (κ1) is 13.8. The standard InChI is InChI=1S/C13H13N5O2S2/c19-22(8-12-15-16-17-18(12)10-3-4-10)7-9-6-21-13(14-9)11-2-1-5-20-11/h1-2,5-6,10H,3-4,7-8H2/t22-/m1/s1. The van der Waals surface area contributed by atoms with Crippen LogP contribution in [0.3, 0.4) is 0 Å². The monoisotopic (exact) mass is 335 g/mol. The number of hydrogen-bond acceptors (Lipinski definition) is 7. The van der Waals surface area contributed by atoms with Crippen LogP contribution in [0.4, 0.5) is 0 Å². The molecule has 9 heteroatoms. The van der Waals surface area contributed by atoms with Gasteiger partial charge in [0.05, 0.1) is 29.5 Å². The molecule has 1 aliphatic carbocycles. The van der Waals surface area contributed by atoms with E-state index in [4.69, 9.17) is 4.42 Å². The molecule has 1 aliphatic rings. The fraction of sp³-hybridized carbons (Fsp3) is 0.385. The van der Waals surface area contributed by atoms with Crippen molar-refractivity contribution in [1.82, 2.24) is 25.2 Å². The van der Waals surface area contributed by atoms with E-state index in [1.54, 1.807) is 10.9 Å². The molecule has 1 fully saturated rings. The van der Waals surface area contributed by atoms with Gasteiger partial charge in [-0.2, -0.15) is 0 Å². The van der Waals surface area contributed by atoms with Gasteiger partial charge in [0, 0.05) is 16.2 Å². The van der Waals surface area contributed by atoms with E-state index in [1.807, 2.05) is 17.5 Å². The van der Waals surface area contributed by atoms with Crippen molar-refractivity contribution < 1.29 is 8.63 Å². The molecule has 0 bridgehead atoms. The van der Waals surface area contributed by atoms with Crippen LogP contribution in [0.25, 0.3) is 10.8 Å². The molecule has 7 nitrogen and oxygen atoms in total. The van der Waals surface area contributed by atoms with Gasteiger partial charge in [0.2, 0.25) is 0 Å². The molecule has 0 N–H and O–H groups in total. The molecule has 0 aliphatic heterocycles. The van der Waals surface area contributed by atoms with Crippen molar-refractivity contribution in [2.75, 3.05) is 0 Å². The van der Waals surface area contributed by atoms with Crippen molar-refractivity contribution in [2.24, 2.45) is 0 Å². The van der Waals surface area contributed by atoms with Crippen molar-refractivity contribution >= 4 is 22.1 Å². The van der Waals surface area contributed by atoms with Crippen LogP contribution in [0.2, 0.25) is 0 Å². The summed E-state index contributed by atoms with van der Waals surface area (Å²) < 4.78 is 19.4. The lowest BCUT2D eigenvalue weighted by Gasteiger charge is -2.01. The average Bonchev–Trinajstić information content (AvgIpc) is 2.96. The molecule has 0 unspecified atom stereocenters. The highest BCUT2D eigenvalue weighted by Crippen LogP contribution is 2.34. The first-order valence-corrected chi connectivity index (χ1v) is 9.26. The normalized spacial score (nSPS) is 16.0. The van der Waals surface area contributed by atoms with Crippen molar-refractivity contribution in [1.29, 1.82) is 0 Å². The first-order valence-electron chi connectivity index (χ1n) is 6.89. The third-order valence-corrected chi connectivity index (χ3v) is 5.44. The lowest BCUT2D eigenvalue weighted by molar-refractivity contribution is 0.581. The van der Waals surface area contributed by atoms with Crippen molar-refractivity contribution in [3.63, 3.8) is 0 Å². The lowest BCUT2D eigenvalue weighted by Crippen LogP contribution is -2.08. The maximum absolute atomic E-state index is 12.3. The number of hydrogen-bond donors (Lipinski definition) is 0. The molecule has 3 heterocycles. The molecule has 0 aromatic carbocycles. The smallest absolute Gasteiger partial charge is 0.164 e. The van der Waals surface area contributed by atoms with Gasteiger partial charge < -0.3 is 4.42 Å². The molecule has 0 spiro atoms. The van der Waals surface area contributed by atoms with Gasteiger partial charge in [-0.1, -0.05) is 0 Å². The van der Waals surface area contributed by atoms with Crippen molar-refractivity contribution in [3.05, 3.63) is 35.3 Å². The van der Waals surface area contributed by atoms with Crippen molar-refractivity contribution in [3.8, 4) is 10.8 Å². The zero-order chi connectivity index (χ0) is 14.9. The van der Waals surface area contributed by atoms with Gasteiger partial charge in [0.15, 0.2) is 16.6 Å². The Morgan fingerprint density at radius 2 is 2.32 bits per heavy atom. The number of furan rings is 1. The predicted octanol–water partition coefficient (Wildman–Crippen LogP) is 2.17. The summed E-state index contributed by atoms with van der Waals surface area (Å²) in [6, 6.07) is 4.09. The van der Waals surface area contributed by atoms with E-state index in [0.717, 1.165) is 29.3 Å². The number of nitrogens with zero attached hydrogens (tertiary/aromatic N) is 5. The molecule has 114 valence electrons. The summed E-state index contributed by atoms with van der Waals surface area (Å²) in [5.41, 5.74) is 0.806. The molecular formula is C13H13N5O2S2. The second-order valence-electron chi connectivity index (χ2n) is 5.12. The Morgan fingerprint density at radius 3 is 3.09 bits per heavy atom. The number of tetrazole rings is 1. The van der Waals surface area contributed by atoms with Crippen LogP contribution in [-0.4, -0.2) is 29.4 Å². The summed E-state index contributed by atoms with van der Waals surface area (Å²) in [4.78, 5) is 4.47. The maximum Gasteiger partial charge on any atom is 0.164 e. The predicted molar refractivity (Wildman–Crippen MR) is 81.5 cm³/mol. The van der Waals surface area contributed by atoms with E-state index in [-0.39, 0.29) is 0 Å². The largest absolute Gasteiger partial charge is 0.462 e. The summed E-state index contributed by atoms with van der Waals surface area (Å²) in [5.74, 6) is 2.19. The average molecular weight is 335 g/mol. The molecule has 4 rings (SSSR count). The van der Waals surface area contributed by atoms with E-state index in [9.17, 15) is 4.21 Å². The van der Waals surface area contributed by atoms with Crippen LogP contribution in [0.5, 0.6) is 0 Å². The Kier molecular flexibility index (Phi) is 3.59. The summed E-state index contributed by atoms with van der Waals surface area (Å²) >= 11 is 1.49. The molecule has 1 saturated carbocycles. The van der Waals surface area contributed by atoms with Crippen molar-refractivity contribution in [2.45, 2.75) is 30.4 Å². The Labute approximate surface area is 132 Å². The van der Waals surface area contributed by atoms with E-state index < -0.39 is 10.8 Å². The SMILES string of the molecule is O=[S@](Cc1csc(-c2ccco2)n1)Cc1nnnn1C1CC1. The molecule has 1 atom stereocenters. The summed E-state index contributed by atoms with van der Waals surface area (Å²) in [6.07, 6.45) is 3.82. The van der Waals surface area contributed by atoms with Gasteiger partial charge in [0.25, 0.3) is 0 Å². The molecule has 0 radical (unpaired) electrons. The number of aromatic nitrogens is 5. The van der Waals surface area contributed by atoms with Crippen LogP contribution in [0, 0.1) is 0 Å². The van der Waals surface area contributed by atoms with E-state index in [1.165, 1.54) is 11.3 Å². The third kappa shape index (κ3) is 2.86. The quantitative estimate of drug-likeness (QED) is 0.686. The Balaban J connectivity index is 1.42. The van der Waals surface area contributed by atoms with Gasteiger partial charge in [-0.15, -0.1) is 16.4 Å². The van der Waals surface area contributed by atoms with Crippen LogP contribution >= 0.6 is 11.3 Å². The summed E-state index contributed by atoms with van der Waals surface area (Å²) in [7, 11) is -1.08. The zero-order valence-corrected chi connectivity index (χ0v) is 13.2. The Hall–Kier alpha value is -1.87. The molecule has 22 heavy (non-hydrogen) atoms. The Bertz CT molecular complexity index is 791. The van der Waals surface area contributed by atoms with Gasteiger partial charge in [0.1, 0.15) is 0 Å². The van der Waals surface area contributed by atoms with Crippen LogP contribution in [-0.2, 0) is 22.3 Å². The maximum atomic E-state index is 12.3. The van der Waals surface area contributed by atoms with Crippen LogP contribution < -0.4 is 0 Å². The topological polar surface area (TPSA) is 86.7 Å². The lowest BCUT2D eigenvalue weighted by atomic mass is 10.5. The molecule has 0 saturated heterocycles. The molecular weight excluding hydrogens is 322 g/mol. The highest BCUT2D eigenvalue weighted by Gasteiger charge is 2.28. The highest BCUT2D eigenvalue weighted by atomic mass is 32.2. The number of rotatable bonds is 6. The third-order valence-electron chi connectivity index (χ3n) is 3.34. The van der Waals surface area contributed by atoms with E-state index in [0.29, 0.717) is 23.4 Å². The molecule has 0 amide bonds. The minimum atomic E-state index is -1.08. The number of thiazole rings is 1. The van der Waals surface area contributed by atoms with E-state index >= 15 is 0 Å². The minimum absolute atomic E-state index is 0.358. The molecule has 3 aromatic heterocycles. The first-order chi connectivity index (χ1) is 10.8. The van der Waals surface area contributed by atoms with Gasteiger partial charge in [-0.3, -0.25) is 4.21 Å². The second kappa shape index (κ2) is 5.73. The fourth-order valence-electron chi connectivity index (χ4n) is 2.16. The zero-order valence-electron chi connectivity index (χ0n) is 11.6. The highest BCUT2D eigenvalue weighted by molar-refractivity contribution is 7.83. The minimum Gasteiger partial charge on any atom is -0.462 e. The van der Waals surface area contributed by atoms with Crippen LogP contribution in [0.15, 0.2) is 28.2 Å². The second-order valence-corrected chi connectivity index (χ2v) is 7.44. The van der Waals surface area contributed by atoms with Crippen LogP contribution in [0.1, 0.15) is 30.4 Å². The fourth-order valence-corrected chi connectivity index (χ4v) is 4.11. The van der Waals surface area contributed by atoms with Gasteiger partial charge >= 0.3 is 0 Å². The Morgan fingerprint density at radius 1 is 1.41 bits per heavy atom.